The number of carbonyl (C=O) groups is 1. The van der Waals surface area contributed by atoms with Crippen molar-refractivity contribution in [2.24, 2.45) is 0 Å². The van der Waals surface area contributed by atoms with Crippen LogP contribution < -0.4 is 0 Å². The van der Waals surface area contributed by atoms with Crippen LogP contribution in [0, 0.1) is 6.92 Å². The van der Waals surface area contributed by atoms with Crippen LogP contribution in [0.15, 0.2) is 66.7 Å². The van der Waals surface area contributed by atoms with E-state index >= 15 is 0 Å². The number of aryl methyl sites for hydroxylation is 1. The Hall–Kier alpha value is -3.47. The van der Waals surface area contributed by atoms with E-state index in [0.717, 1.165) is 16.9 Å². The van der Waals surface area contributed by atoms with Gasteiger partial charge in [-0.3, -0.25) is 0 Å². The molecule has 0 aliphatic carbocycles. The van der Waals surface area contributed by atoms with E-state index in [4.69, 9.17) is 9.72 Å². The Morgan fingerprint density at radius 2 is 1.65 bits per heavy atom. The molecule has 0 radical (unpaired) electrons. The van der Waals surface area contributed by atoms with Crippen molar-refractivity contribution >= 4 is 17.0 Å². The lowest BCUT2D eigenvalue weighted by atomic mass is 10.1. The number of ether oxygens (including phenoxy) is 1. The molecule has 0 fully saturated rings. The topological polar surface area (TPSA) is 57.0 Å². The van der Waals surface area contributed by atoms with E-state index in [2.05, 4.69) is 5.10 Å². The SMILES string of the molecule is COC(=O)c1cc(-c2ccccc2)nc2c1c(C)nn2-c1ccccc1. The maximum absolute atomic E-state index is 12.4. The molecule has 0 aliphatic heterocycles. The summed E-state index contributed by atoms with van der Waals surface area (Å²) in [5.74, 6) is -0.398. The van der Waals surface area contributed by atoms with Gasteiger partial charge in [-0.05, 0) is 25.1 Å². The van der Waals surface area contributed by atoms with Crippen LogP contribution in [0.25, 0.3) is 28.0 Å². The van der Waals surface area contributed by atoms with Crippen molar-refractivity contribution in [3.63, 3.8) is 0 Å². The zero-order valence-electron chi connectivity index (χ0n) is 14.5. The van der Waals surface area contributed by atoms with Crippen LogP contribution in [-0.4, -0.2) is 27.8 Å². The Balaban J connectivity index is 2.06. The number of esters is 1. The highest BCUT2D eigenvalue weighted by Crippen LogP contribution is 2.29. The number of pyridine rings is 1. The quantitative estimate of drug-likeness (QED) is 0.524. The van der Waals surface area contributed by atoms with Crippen molar-refractivity contribution < 1.29 is 9.53 Å². The Morgan fingerprint density at radius 3 is 2.31 bits per heavy atom. The van der Waals surface area contributed by atoms with E-state index in [1.165, 1.54) is 7.11 Å². The standard InChI is InChI=1S/C21H17N3O2/c1-14-19-17(21(25)26-2)13-18(15-9-5-3-6-10-15)22-20(19)24(23-14)16-11-7-4-8-12-16/h3-13H,1-2H3. The van der Waals surface area contributed by atoms with E-state index in [0.29, 0.717) is 22.3 Å². The van der Waals surface area contributed by atoms with Crippen molar-refractivity contribution in [2.75, 3.05) is 7.11 Å². The lowest BCUT2D eigenvalue weighted by Gasteiger charge is -2.08. The van der Waals surface area contributed by atoms with Gasteiger partial charge in [0.2, 0.25) is 0 Å². The lowest BCUT2D eigenvalue weighted by Crippen LogP contribution is -2.05. The summed E-state index contributed by atoms with van der Waals surface area (Å²) in [6.07, 6.45) is 0. The molecule has 128 valence electrons. The number of para-hydroxylation sites is 1. The Kier molecular flexibility index (Phi) is 3.97. The molecule has 0 bridgehead atoms. The van der Waals surface area contributed by atoms with Crippen molar-refractivity contribution in [3.8, 4) is 16.9 Å². The van der Waals surface area contributed by atoms with Gasteiger partial charge in [-0.15, -0.1) is 0 Å². The third-order valence-electron chi connectivity index (χ3n) is 4.29. The Morgan fingerprint density at radius 1 is 1.00 bits per heavy atom. The van der Waals surface area contributed by atoms with Gasteiger partial charge < -0.3 is 4.74 Å². The average Bonchev–Trinajstić information content (AvgIpc) is 3.04. The van der Waals surface area contributed by atoms with Crippen molar-refractivity contribution in [1.82, 2.24) is 14.8 Å². The molecule has 0 atom stereocenters. The van der Waals surface area contributed by atoms with Crippen LogP contribution in [0.5, 0.6) is 0 Å². The molecule has 0 amide bonds. The third-order valence-corrected chi connectivity index (χ3v) is 4.29. The number of rotatable bonds is 3. The van der Waals surface area contributed by atoms with Crippen LogP contribution in [0.1, 0.15) is 16.1 Å². The summed E-state index contributed by atoms with van der Waals surface area (Å²) in [6.45, 7) is 1.87. The van der Waals surface area contributed by atoms with E-state index in [1.807, 2.05) is 67.6 Å². The summed E-state index contributed by atoms with van der Waals surface area (Å²) in [7, 11) is 1.38. The molecule has 5 nitrogen and oxygen atoms in total. The largest absolute Gasteiger partial charge is 0.465 e. The number of nitrogens with zero attached hydrogens (tertiary/aromatic N) is 3. The van der Waals surface area contributed by atoms with Gasteiger partial charge in [-0.1, -0.05) is 48.5 Å². The number of aromatic nitrogens is 3. The fraction of sp³-hybridized carbons (Fsp3) is 0.0952. The van der Waals surface area contributed by atoms with Gasteiger partial charge in [0.1, 0.15) is 0 Å². The maximum atomic E-state index is 12.4. The monoisotopic (exact) mass is 343 g/mol. The van der Waals surface area contributed by atoms with Crippen LogP contribution in [-0.2, 0) is 4.74 Å². The highest BCUT2D eigenvalue weighted by molar-refractivity contribution is 6.05. The lowest BCUT2D eigenvalue weighted by molar-refractivity contribution is 0.0603. The average molecular weight is 343 g/mol. The molecule has 0 unspecified atom stereocenters. The first-order valence-corrected chi connectivity index (χ1v) is 8.28. The highest BCUT2D eigenvalue weighted by atomic mass is 16.5. The molecule has 4 aromatic rings. The molecule has 4 rings (SSSR count). The van der Waals surface area contributed by atoms with Gasteiger partial charge in [-0.25, -0.2) is 14.5 Å². The second kappa shape index (κ2) is 6.44. The molecule has 0 spiro atoms. The van der Waals surface area contributed by atoms with Gasteiger partial charge in [-0.2, -0.15) is 5.10 Å². The molecule has 0 aliphatic rings. The van der Waals surface area contributed by atoms with Crippen LogP contribution in [0.3, 0.4) is 0 Å². The van der Waals surface area contributed by atoms with E-state index < -0.39 is 5.97 Å². The molecule has 0 saturated heterocycles. The fourth-order valence-electron chi connectivity index (χ4n) is 3.07. The minimum absolute atomic E-state index is 0.398. The van der Waals surface area contributed by atoms with Gasteiger partial charge in [0.15, 0.2) is 5.65 Å². The zero-order valence-corrected chi connectivity index (χ0v) is 14.5. The first kappa shape index (κ1) is 16.0. The summed E-state index contributed by atoms with van der Waals surface area (Å²) in [4.78, 5) is 17.2. The molecule has 2 aromatic heterocycles. The molecule has 2 heterocycles. The predicted molar refractivity (Wildman–Crippen MR) is 100 cm³/mol. The van der Waals surface area contributed by atoms with Crippen LogP contribution in [0.4, 0.5) is 0 Å². The Labute approximate surface area is 150 Å². The summed E-state index contributed by atoms with van der Waals surface area (Å²) in [6, 6.07) is 21.3. The second-order valence-corrected chi connectivity index (χ2v) is 5.94. The number of carbonyl (C=O) groups excluding carboxylic acids is 1. The number of hydrogen-bond acceptors (Lipinski definition) is 4. The zero-order chi connectivity index (χ0) is 18.1. The first-order chi connectivity index (χ1) is 12.7. The van der Waals surface area contributed by atoms with E-state index in [9.17, 15) is 4.79 Å². The minimum Gasteiger partial charge on any atom is -0.465 e. The minimum atomic E-state index is -0.398. The maximum Gasteiger partial charge on any atom is 0.338 e. The number of hydrogen-bond donors (Lipinski definition) is 0. The molecule has 0 saturated carbocycles. The number of benzene rings is 2. The fourth-order valence-corrected chi connectivity index (χ4v) is 3.07. The van der Waals surface area contributed by atoms with Crippen molar-refractivity contribution in [2.45, 2.75) is 6.92 Å². The predicted octanol–water partition coefficient (Wildman–Crippen LogP) is 4.18. The second-order valence-electron chi connectivity index (χ2n) is 5.94. The van der Waals surface area contributed by atoms with Gasteiger partial charge >= 0.3 is 5.97 Å². The highest BCUT2D eigenvalue weighted by Gasteiger charge is 2.21. The number of methoxy groups -OCH3 is 1. The number of fused-ring (bicyclic) bond motifs is 1. The van der Waals surface area contributed by atoms with Crippen LogP contribution >= 0.6 is 0 Å². The third kappa shape index (κ3) is 2.63. The molecule has 0 N–H and O–H groups in total. The molecular formula is C21H17N3O2. The Bertz CT molecular complexity index is 1090. The first-order valence-electron chi connectivity index (χ1n) is 8.28. The van der Waals surface area contributed by atoms with Crippen molar-refractivity contribution in [3.05, 3.63) is 78.0 Å². The summed E-state index contributed by atoms with van der Waals surface area (Å²) >= 11 is 0. The van der Waals surface area contributed by atoms with Crippen LogP contribution in [0.2, 0.25) is 0 Å². The molecule has 26 heavy (non-hydrogen) atoms. The summed E-state index contributed by atoms with van der Waals surface area (Å²) in [5, 5.41) is 5.33. The summed E-state index contributed by atoms with van der Waals surface area (Å²) in [5.41, 5.74) is 4.36. The van der Waals surface area contributed by atoms with Gasteiger partial charge in [0.25, 0.3) is 0 Å². The van der Waals surface area contributed by atoms with Gasteiger partial charge in [0.05, 0.1) is 35.1 Å². The smallest absolute Gasteiger partial charge is 0.338 e. The molecule has 2 aromatic carbocycles. The van der Waals surface area contributed by atoms with E-state index in [1.54, 1.807) is 10.7 Å². The van der Waals surface area contributed by atoms with Gasteiger partial charge in [0, 0.05) is 5.56 Å². The van der Waals surface area contributed by atoms with Crippen molar-refractivity contribution in [1.29, 1.82) is 0 Å². The summed E-state index contributed by atoms with van der Waals surface area (Å²) < 4.78 is 6.77. The normalized spacial score (nSPS) is 10.8. The van der Waals surface area contributed by atoms with E-state index in [-0.39, 0.29) is 0 Å². The molecule has 5 heteroatoms. The molecular weight excluding hydrogens is 326 g/mol.